The zero-order chi connectivity index (χ0) is 21.9. The molecule has 0 spiro atoms. The van der Waals surface area contributed by atoms with Gasteiger partial charge < -0.3 is 9.47 Å². The van der Waals surface area contributed by atoms with E-state index in [4.69, 9.17) is 9.47 Å². The lowest BCUT2D eigenvalue weighted by Gasteiger charge is -2.61. The van der Waals surface area contributed by atoms with E-state index in [0.717, 1.165) is 32.1 Å². The largest absolute Gasteiger partial charge is 0.462 e. The Kier molecular flexibility index (Phi) is 5.34. The van der Waals surface area contributed by atoms with E-state index >= 15 is 0 Å². The summed E-state index contributed by atoms with van der Waals surface area (Å²) in [4.78, 5) is 35.9. The molecule has 0 N–H and O–H groups in total. The van der Waals surface area contributed by atoms with Crippen molar-refractivity contribution in [3.8, 4) is 0 Å². The number of carbonyl (C=O) groups is 3. The molecule has 4 aliphatic rings. The number of carbonyl (C=O) groups excluding carboxylic acids is 3. The molecule has 0 amide bonds. The Bertz CT molecular complexity index is 746. The van der Waals surface area contributed by atoms with Crippen LogP contribution in [0.1, 0.15) is 92.4 Å². The zero-order valence-electron chi connectivity index (χ0n) is 19.3. The molecule has 0 aromatic rings. The first-order valence-corrected chi connectivity index (χ1v) is 11.9. The summed E-state index contributed by atoms with van der Waals surface area (Å²) < 4.78 is 11.4. The van der Waals surface area contributed by atoms with Gasteiger partial charge in [-0.25, -0.2) is 0 Å². The second-order valence-corrected chi connectivity index (χ2v) is 11.2. The van der Waals surface area contributed by atoms with Crippen molar-refractivity contribution in [2.24, 2.45) is 34.5 Å². The molecule has 4 saturated carbocycles. The van der Waals surface area contributed by atoms with Gasteiger partial charge in [0.15, 0.2) is 11.4 Å². The molecule has 30 heavy (non-hydrogen) atoms. The molecule has 4 unspecified atom stereocenters. The van der Waals surface area contributed by atoms with Gasteiger partial charge >= 0.3 is 11.9 Å². The van der Waals surface area contributed by atoms with Crippen molar-refractivity contribution in [2.45, 2.75) is 104 Å². The van der Waals surface area contributed by atoms with Crippen LogP contribution in [-0.2, 0) is 23.9 Å². The van der Waals surface area contributed by atoms with Crippen LogP contribution in [0.2, 0.25) is 0 Å². The SMILES string of the molecule is CC(=O)O[C@H]1CCC2C3CC[C@H]4CC(OC(C)=O)(C(C)=O)CC[C@]4(C)C3CC[C@@]21C. The number of Topliss-reactive ketones (excluding diaryl/α,β-unsaturated/α-hetero) is 1. The number of ether oxygens (including phenoxy) is 2. The Hall–Kier alpha value is -1.39. The predicted octanol–water partition coefficient (Wildman–Crippen LogP) is 4.85. The first-order valence-electron chi connectivity index (χ1n) is 11.9. The zero-order valence-corrected chi connectivity index (χ0v) is 19.3. The number of esters is 2. The van der Waals surface area contributed by atoms with Crippen LogP contribution in [0.25, 0.3) is 0 Å². The van der Waals surface area contributed by atoms with Gasteiger partial charge in [-0.05, 0) is 93.8 Å². The number of fused-ring (bicyclic) bond motifs is 5. The van der Waals surface area contributed by atoms with Crippen LogP contribution in [-0.4, -0.2) is 29.4 Å². The van der Waals surface area contributed by atoms with Gasteiger partial charge in [-0.1, -0.05) is 13.8 Å². The predicted molar refractivity (Wildman–Crippen MR) is 112 cm³/mol. The highest BCUT2D eigenvalue weighted by Crippen LogP contribution is 2.67. The van der Waals surface area contributed by atoms with Crippen molar-refractivity contribution in [1.29, 1.82) is 0 Å². The number of rotatable bonds is 3. The van der Waals surface area contributed by atoms with Crippen LogP contribution >= 0.6 is 0 Å². The maximum absolute atomic E-state index is 12.5. The normalized spacial score (nSPS) is 47.4. The van der Waals surface area contributed by atoms with Crippen molar-refractivity contribution in [3.05, 3.63) is 0 Å². The van der Waals surface area contributed by atoms with Crippen LogP contribution in [0, 0.1) is 34.5 Å². The monoisotopic (exact) mass is 418 g/mol. The maximum Gasteiger partial charge on any atom is 0.303 e. The Morgan fingerprint density at radius 2 is 1.47 bits per heavy atom. The standard InChI is InChI=1S/C25H38O5/c1-15(26)25(30-17(3)28)13-12-23(4)18(14-25)6-7-19-20-8-9-22(29-16(2)27)24(20,5)11-10-21(19)23/h18-22H,6-14H2,1-5H3/t18-,19?,20?,21?,22-,23-,24-,25?/m0/s1. The van der Waals surface area contributed by atoms with E-state index in [9.17, 15) is 14.4 Å². The first kappa shape index (κ1) is 21.8. The summed E-state index contributed by atoms with van der Waals surface area (Å²) in [5, 5.41) is 0. The van der Waals surface area contributed by atoms with Crippen molar-refractivity contribution in [3.63, 3.8) is 0 Å². The van der Waals surface area contributed by atoms with E-state index in [2.05, 4.69) is 13.8 Å². The van der Waals surface area contributed by atoms with E-state index in [0.29, 0.717) is 36.5 Å². The summed E-state index contributed by atoms with van der Waals surface area (Å²) >= 11 is 0. The van der Waals surface area contributed by atoms with Gasteiger partial charge in [-0.15, -0.1) is 0 Å². The molecule has 0 aromatic heterocycles. The van der Waals surface area contributed by atoms with Crippen LogP contribution < -0.4 is 0 Å². The lowest BCUT2D eigenvalue weighted by molar-refractivity contribution is -0.188. The highest BCUT2D eigenvalue weighted by molar-refractivity contribution is 5.87. The second-order valence-electron chi connectivity index (χ2n) is 11.2. The molecule has 0 radical (unpaired) electrons. The third-order valence-electron chi connectivity index (χ3n) is 9.91. The van der Waals surface area contributed by atoms with Crippen molar-refractivity contribution < 1.29 is 23.9 Å². The van der Waals surface area contributed by atoms with Crippen molar-refractivity contribution >= 4 is 17.7 Å². The highest BCUT2D eigenvalue weighted by Gasteiger charge is 2.63. The summed E-state index contributed by atoms with van der Waals surface area (Å²) in [6.45, 7) is 9.31. The minimum Gasteiger partial charge on any atom is -0.462 e. The van der Waals surface area contributed by atoms with Gasteiger partial charge in [0.25, 0.3) is 0 Å². The van der Waals surface area contributed by atoms with Gasteiger partial charge in [-0.2, -0.15) is 0 Å². The number of ketones is 1. The van der Waals surface area contributed by atoms with Gasteiger partial charge in [0, 0.05) is 19.3 Å². The average molecular weight is 419 g/mol. The fraction of sp³-hybridized carbons (Fsp3) is 0.880. The van der Waals surface area contributed by atoms with E-state index < -0.39 is 5.60 Å². The molecule has 0 aliphatic heterocycles. The summed E-state index contributed by atoms with van der Waals surface area (Å²) in [6.07, 6.45) is 9.03. The molecular weight excluding hydrogens is 380 g/mol. The lowest BCUT2D eigenvalue weighted by Crippen LogP contribution is -2.58. The molecule has 0 aromatic carbocycles. The van der Waals surface area contributed by atoms with Crippen LogP contribution in [0.4, 0.5) is 0 Å². The van der Waals surface area contributed by atoms with E-state index in [-0.39, 0.29) is 34.7 Å². The third kappa shape index (κ3) is 3.22. The molecule has 8 atom stereocenters. The van der Waals surface area contributed by atoms with Crippen LogP contribution in [0.15, 0.2) is 0 Å². The Balaban J connectivity index is 1.56. The van der Waals surface area contributed by atoms with Gasteiger partial charge in [0.1, 0.15) is 6.10 Å². The third-order valence-corrected chi connectivity index (χ3v) is 9.91. The van der Waals surface area contributed by atoms with Gasteiger partial charge in [0.05, 0.1) is 0 Å². The summed E-state index contributed by atoms with van der Waals surface area (Å²) in [5.41, 5.74) is -0.617. The molecule has 5 nitrogen and oxygen atoms in total. The Labute approximate surface area is 180 Å². The molecule has 0 bridgehead atoms. The molecule has 4 rings (SSSR count). The van der Waals surface area contributed by atoms with Crippen molar-refractivity contribution in [2.75, 3.05) is 0 Å². The molecule has 168 valence electrons. The molecule has 0 saturated heterocycles. The highest BCUT2D eigenvalue weighted by atomic mass is 16.6. The minimum atomic E-state index is -0.917. The fourth-order valence-electron chi connectivity index (χ4n) is 8.34. The summed E-state index contributed by atoms with van der Waals surface area (Å²) in [7, 11) is 0. The van der Waals surface area contributed by atoms with Crippen LogP contribution in [0.5, 0.6) is 0 Å². The number of hydrogen-bond donors (Lipinski definition) is 0. The fourth-order valence-corrected chi connectivity index (χ4v) is 8.34. The topological polar surface area (TPSA) is 69.7 Å². The van der Waals surface area contributed by atoms with Crippen molar-refractivity contribution in [1.82, 2.24) is 0 Å². The summed E-state index contributed by atoms with van der Waals surface area (Å²) in [6, 6.07) is 0. The number of hydrogen-bond acceptors (Lipinski definition) is 5. The lowest BCUT2D eigenvalue weighted by atomic mass is 9.44. The quantitative estimate of drug-likeness (QED) is 0.613. The average Bonchev–Trinajstić information content (AvgIpc) is 2.97. The maximum atomic E-state index is 12.5. The van der Waals surface area contributed by atoms with Gasteiger partial charge in [-0.3, -0.25) is 14.4 Å². The Morgan fingerprint density at radius 3 is 2.10 bits per heavy atom. The molecule has 5 heteroatoms. The smallest absolute Gasteiger partial charge is 0.303 e. The molecule has 4 aliphatic carbocycles. The van der Waals surface area contributed by atoms with E-state index in [1.54, 1.807) is 6.92 Å². The molecule has 4 fully saturated rings. The molecular formula is C25H38O5. The van der Waals surface area contributed by atoms with E-state index in [1.165, 1.54) is 26.7 Å². The van der Waals surface area contributed by atoms with E-state index in [1.807, 2.05) is 0 Å². The second kappa shape index (κ2) is 7.34. The minimum absolute atomic E-state index is 0.00175. The molecule has 0 heterocycles. The summed E-state index contributed by atoms with van der Waals surface area (Å²) in [5.74, 6) is 1.85. The Morgan fingerprint density at radius 1 is 0.767 bits per heavy atom. The van der Waals surface area contributed by atoms with Gasteiger partial charge in [0.2, 0.25) is 0 Å². The first-order chi connectivity index (χ1) is 14.0. The van der Waals surface area contributed by atoms with Crippen LogP contribution in [0.3, 0.4) is 0 Å².